The standard InChI is InChI=1S/C20H19N3O3S/c1-12-18-19(13-4-3-5-15(24)10-13)27-11-17(25)21-20(18)23(22-12)14-6-8-16(26-2)9-7-14/h3-10,19,24H,11H2,1-2H3,(H,21,25)/t19-/m0/s1. The molecular formula is C20H19N3O3S. The van der Waals surface area contributed by atoms with E-state index in [9.17, 15) is 9.90 Å². The van der Waals surface area contributed by atoms with Crippen molar-refractivity contribution < 1.29 is 14.6 Å². The molecule has 1 aromatic heterocycles. The molecule has 4 rings (SSSR count). The molecule has 1 aliphatic heterocycles. The van der Waals surface area contributed by atoms with E-state index >= 15 is 0 Å². The minimum absolute atomic E-state index is 0.0708. The lowest BCUT2D eigenvalue weighted by Crippen LogP contribution is -2.15. The lowest BCUT2D eigenvalue weighted by molar-refractivity contribution is -0.113. The lowest BCUT2D eigenvalue weighted by Gasteiger charge is -2.15. The molecule has 0 radical (unpaired) electrons. The summed E-state index contributed by atoms with van der Waals surface area (Å²) in [6.07, 6.45) is 0. The molecular weight excluding hydrogens is 362 g/mol. The highest BCUT2D eigenvalue weighted by Crippen LogP contribution is 2.44. The van der Waals surface area contributed by atoms with Crippen LogP contribution < -0.4 is 10.1 Å². The number of hydrogen-bond acceptors (Lipinski definition) is 5. The fourth-order valence-electron chi connectivity index (χ4n) is 3.25. The van der Waals surface area contributed by atoms with Crippen molar-refractivity contribution in [3.63, 3.8) is 0 Å². The molecule has 0 saturated carbocycles. The number of thioether (sulfide) groups is 1. The predicted molar refractivity (Wildman–Crippen MR) is 106 cm³/mol. The third-order valence-electron chi connectivity index (χ3n) is 4.50. The van der Waals surface area contributed by atoms with Gasteiger partial charge in [0.25, 0.3) is 0 Å². The van der Waals surface area contributed by atoms with E-state index in [4.69, 9.17) is 4.74 Å². The highest BCUT2D eigenvalue weighted by Gasteiger charge is 2.30. The zero-order chi connectivity index (χ0) is 19.0. The molecule has 27 heavy (non-hydrogen) atoms. The second kappa shape index (κ2) is 7.00. The lowest BCUT2D eigenvalue weighted by atomic mass is 10.0. The zero-order valence-electron chi connectivity index (χ0n) is 15.0. The first kappa shape index (κ1) is 17.5. The van der Waals surface area contributed by atoms with Crippen LogP contribution in [0.15, 0.2) is 48.5 Å². The van der Waals surface area contributed by atoms with Crippen LogP contribution in [0.2, 0.25) is 0 Å². The molecule has 2 heterocycles. The Hall–Kier alpha value is -2.93. The number of nitrogens with zero attached hydrogens (tertiary/aromatic N) is 2. The third-order valence-corrected chi connectivity index (χ3v) is 5.77. The number of phenolic OH excluding ortho intramolecular Hbond substituents is 1. The highest BCUT2D eigenvalue weighted by atomic mass is 32.2. The van der Waals surface area contributed by atoms with Gasteiger partial charge in [0.1, 0.15) is 17.3 Å². The van der Waals surface area contributed by atoms with E-state index in [0.29, 0.717) is 11.6 Å². The van der Waals surface area contributed by atoms with Crippen LogP contribution in [0, 0.1) is 6.92 Å². The number of carbonyl (C=O) groups is 1. The Morgan fingerprint density at radius 3 is 2.74 bits per heavy atom. The molecule has 0 bridgehead atoms. The van der Waals surface area contributed by atoms with Gasteiger partial charge in [0.2, 0.25) is 5.91 Å². The van der Waals surface area contributed by atoms with Gasteiger partial charge < -0.3 is 15.2 Å². The van der Waals surface area contributed by atoms with Gasteiger partial charge in [0, 0.05) is 5.56 Å². The Morgan fingerprint density at radius 1 is 1.26 bits per heavy atom. The van der Waals surface area contributed by atoms with Gasteiger partial charge in [-0.25, -0.2) is 4.68 Å². The number of carbonyl (C=O) groups excluding carboxylic acids is 1. The van der Waals surface area contributed by atoms with Crippen LogP contribution in [0.3, 0.4) is 0 Å². The molecule has 0 unspecified atom stereocenters. The van der Waals surface area contributed by atoms with Gasteiger partial charge in [-0.3, -0.25) is 4.79 Å². The number of fused-ring (bicyclic) bond motifs is 1. The smallest absolute Gasteiger partial charge is 0.235 e. The second-order valence-electron chi connectivity index (χ2n) is 6.29. The zero-order valence-corrected chi connectivity index (χ0v) is 15.8. The van der Waals surface area contributed by atoms with Crippen LogP contribution in [-0.4, -0.2) is 33.7 Å². The number of ether oxygens (including phenoxy) is 1. The van der Waals surface area contributed by atoms with Crippen LogP contribution >= 0.6 is 11.8 Å². The van der Waals surface area contributed by atoms with Gasteiger partial charge >= 0.3 is 0 Å². The van der Waals surface area contributed by atoms with Crippen LogP contribution in [0.25, 0.3) is 5.69 Å². The van der Waals surface area contributed by atoms with Crippen LogP contribution in [0.1, 0.15) is 22.1 Å². The summed E-state index contributed by atoms with van der Waals surface area (Å²) in [7, 11) is 1.62. The summed E-state index contributed by atoms with van der Waals surface area (Å²) in [5.74, 6) is 1.89. The van der Waals surface area contributed by atoms with E-state index in [1.807, 2.05) is 43.3 Å². The number of hydrogen-bond donors (Lipinski definition) is 2. The SMILES string of the molecule is COc1ccc(-n2nc(C)c3c2NC(=O)CS[C@H]3c2cccc(O)c2)cc1. The fourth-order valence-corrected chi connectivity index (χ4v) is 4.42. The molecule has 7 heteroatoms. The number of aryl methyl sites for hydroxylation is 1. The number of aromatic hydroxyl groups is 1. The van der Waals surface area contributed by atoms with Crippen LogP contribution in [0.5, 0.6) is 11.5 Å². The Morgan fingerprint density at radius 2 is 2.04 bits per heavy atom. The van der Waals surface area contributed by atoms with Crippen molar-refractivity contribution in [1.82, 2.24) is 9.78 Å². The predicted octanol–water partition coefficient (Wildman–Crippen LogP) is 3.67. The molecule has 0 spiro atoms. The van der Waals surface area contributed by atoms with Gasteiger partial charge in [-0.05, 0) is 48.9 Å². The van der Waals surface area contributed by atoms with Gasteiger partial charge in [0.15, 0.2) is 0 Å². The van der Waals surface area contributed by atoms with E-state index in [-0.39, 0.29) is 16.9 Å². The second-order valence-corrected chi connectivity index (χ2v) is 7.39. The molecule has 3 aromatic rings. The van der Waals surface area contributed by atoms with Gasteiger partial charge in [-0.1, -0.05) is 12.1 Å². The van der Waals surface area contributed by atoms with Crippen molar-refractivity contribution in [2.45, 2.75) is 12.2 Å². The van der Waals surface area contributed by atoms with Crippen molar-refractivity contribution in [3.05, 3.63) is 65.4 Å². The molecule has 1 amide bonds. The summed E-state index contributed by atoms with van der Waals surface area (Å²) in [5.41, 5.74) is 3.56. The Balaban J connectivity index is 1.86. The van der Waals surface area contributed by atoms with Crippen molar-refractivity contribution in [2.24, 2.45) is 0 Å². The number of amides is 1. The minimum Gasteiger partial charge on any atom is -0.508 e. The molecule has 0 fully saturated rings. The average molecular weight is 381 g/mol. The average Bonchev–Trinajstić information content (AvgIpc) is 2.87. The largest absolute Gasteiger partial charge is 0.508 e. The van der Waals surface area contributed by atoms with Crippen molar-refractivity contribution in [2.75, 3.05) is 18.2 Å². The van der Waals surface area contributed by atoms with Crippen LogP contribution in [0.4, 0.5) is 5.82 Å². The van der Waals surface area contributed by atoms with Gasteiger partial charge in [-0.2, -0.15) is 5.10 Å². The number of methoxy groups -OCH3 is 1. The summed E-state index contributed by atoms with van der Waals surface area (Å²) in [4.78, 5) is 12.3. The summed E-state index contributed by atoms with van der Waals surface area (Å²) >= 11 is 1.53. The fraction of sp³-hybridized carbons (Fsp3) is 0.200. The van der Waals surface area contributed by atoms with E-state index in [1.54, 1.807) is 23.9 Å². The first-order valence-electron chi connectivity index (χ1n) is 8.51. The number of nitrogens with one attached hydrogen (secondary N) is 1. The molecule has 6 nitrogen and oxygen atoms in total. The summed E-state index contributed by atoms with van der Waals surface area (Å²) in [6, 6.07) is 14.7. The molecule has 1 aliphatic rings. The first-order chi connectivity index (χ1) is 13.1. The number of anilines is 1. The molecule has 2 N–H and O–H groups in total. The molecule has 2 aromatic carbocycles. The van der Waals surface area contributed by atoms with E-state index in [2.05, 4.69) is 10.4 Å². The topological polar surface area (TPSA) is 76.4 Å². The number of aromatic nitrogens is 2. The van der Waals surface area contributed by atoms with E-state index in [0.717, 1.165) is 28.3 Å². The molecule has 0 aliphatic carbocycles. The molecule has 138 valence electrons. The number of phenols is 1. The minimum atomic E-state index is -0.0990. The van der Waals surface area contributed by atoms with E-state index < -0.39 is 0 Å². The van der Waals surface area contributed by atoms with Gasteiger partial charge in [-0.15, -0.1) is 11.8 Å². The van der Waals surface area contributed by atoms with Gasteiger partial charge in [0.05, 0.1) is 29.5 Å². The van der Waals surface area contributed by atoms with Crippen molar-refractivity contribution in [3.8, 4) is 17.2 Å². The Kier molecular flexibility index (Phi) is 4.53. The summed E-state index contributed by atoms with van der Waals surface area (Å²) in [5, 5.41) is 17.5. The summed E-state index contributed by atoms with van der Waals surface area (Å²) in [6.45, 7) is 1.94. The first-order valence-corrected chi connectivity index (χ1v) is 9.56. The highest BCUT2D eigenvalue weighted by molar-refractivity contribution is 8.00. The molecule has 1 atom stereocenters. The third kappa shape index (κ3) is 3.26. The number of rotatable bonds is 3. The maximum atomic E-state index is 12.3. The molecule has 0 saturated heterocycles. The monoisotopic (exact) mass is 381 g/mol. The Labute approximate surface area is 161 Å². The summed E-state index contributed by atoms with van der Waals surface area (Å²) < 4.78 is 6.97. The maximum Gasteiger partial charge on any atom is 0.235 e. The number of benzene rings is 2. The van der Waals surface area contributed by atoms with Crippen molar-refractivity contribution >= 4 is 23.5 Å². The quantitative estimate of drug-likeness (QED) is 0.724. The normalized spacial score (nSPS) is 16.4. The van der Waals surface area contributed by atoms with E-state index in [1.165, 1.54) is 11.8 Å². The Bertz CT molecular complexity index is 998. The maximum absolute atomic E-state index is 12.3. The van der Waals surface area contributed by atoms with Crippen molar-refractivity contribution in [1.29, 1.82) is 0 Å². The van der Waals surface area contributed by atoms with Crippen LogP contribution in [-0.2, 0) is 4.79 Å².